The first-order valence-corrected chi connectivity index (χ1v) is 9.58. The van der Waals surface area contributed by atoms with Crippen LogP contribution in [0.1, 0.15) is 56.1 Å². The Morgan fingerprint density at radius 2 is 1.96 bits per heavy atom. The molecule has 1 N–H and O–H groups in total. The van der Waals surface area contributed by atoms with Crippen molar-refractivity contribution in [2.75, 3.05) is 14.2 Å². The lowest BCUT2D eigenvalue weighted by Crippen LogP contribution is -2.32. The van der Waals surface area contributed by atoms with E-state index in [1.54, 1.807) is 14.2 Å². The van der Waals surface area contributed by atoms with Gasteiger partial charge in [0.25, 0.3) is 5.91 Å². The molecule has 0 saturated heterocycles. The van der Waals surface area contributed by atoms with E-state index in [0.29, 0.717) is 24.7 Å². The molecule has 0 spiro atoms. The van der Waals surface area contributed by atoms with Crippen LogP contribution in [0.2, 0.25) is 0 Å². The van der Waals surface area contributed by atoms with E-state index in [9.17, 15) is 4.79 Å². The van der Waals surface area contributed by atoms with Crippen LogP contribution in [0, 0.1) is 0 Å². The summed E-state index contributed by atoms with van der Waals surface area (Å²) >= 11 is 0. The van der Waals surface area contributed by atoms with E-state index < -0.39 is 0 Å². The first-order chi connectivity index (χ1) is 13.4. The lowest BCUT2D eigenvalue weighted by molar-refractivity contribution is 0.0934. The third-order valence-electron chi connectivity index (χ3n) is 4.70. The molecule has 1 atom stereocenters. The predicted molar refractivity (Wildman–Crippen MR) is 108 cm³/mol. The molecule has 1 aromatic carbocycles. The van der Waals surface area contributed by atoms with E-state index in [4.69, 9.17) is 13.9 Å². The van der Waals surface area contributed by atoms with Crippen LogP contribution >= 0.6 is 0 Å². The number of ether oxygens (including phenoxy) is 2. The molecule has 1 heterocycles. The van der Waals surface area contributed by atoms with Crippen molar-refractivity contribution < 1.29 is 18.7 Å². The zero-order valence-corrected chi connectivity index (χ0v) is 17.6. The Bertz CT molecular complexity index is 773. The summed E-state index contributed by atoms with van der Waals surface area (Å²) in [5, 5.41) is 2.90. The van der Waals surface area contributed by atoms with Gasteiger partial charge >= 0.3 is 0 Å². The van der Waals surface area contributed by atoms with E-state index >= 15 is 0 Å². The molecule has 2 aromatic rings. The number of hydrogen-bond acceptors (Lipinski definition) is 6. The minimum absolute atomic E-state index is 0.0975. The van der Waals surface area contributed by atoms with Crippen LogP contribution in [-0.2, 0) is 13.1 Å². The zero-order chi connectivity index (χ0) is 20.7. The second-order valence-corrected chi connectivity index (χ2v) is 7.09. The van der Waals surface area contributed by atoms with Crippen molar-refractivity contribution in [1.29, 1.82) is 0 Å². The number of carbonyl (C=O) groups is 1. The van der Waals surface area contributed by atoms with E-state index in [1.165, 1.54) is 6.26 Å². The Balaban J connectivity index is 2.13. The number of rotatable bonds is 10. The molecule has 1 aromatic heterocycles. The monoisotopic (exact) mass is 389 g/mol. The van der Waals surface area contributed by atoms with Gasteiger partial charge in [0, 0.05) is 24.2 Å². The molecule has 0 fully saturated rings. The van der Waals surface area contributed by atoms with Gasteiger partial charge in [-0.05, 0) is 45.4 Å². The highest BCUT2D eigenvalue weighted by molar-refractivity contribution is 5.92. The fraction of sp³-hybridized carbons (Fsp3) is 0.524. The quantitative estimate of drug-likeness (QED) is 0.669. The summed E-state index contributed by atoms with van der Waals surface area (Å²) in [6.45, 7) is 9.30. The number of methoxy groups -OCH3 is 2. The standard InChI is InChI=1S/C21H31N3O4/c1-7-15(4)22-21(25)18-13-28-20(23-18)12-24(14(2)3)11-16-10-17(26-5)8-9-19(16)27-6/h8-10,13-15H,7,11-12H2,1-6H3,(H,22,25). The lowest BCUT2D eigenvalue weighted by Gasteiger charge is -2.26. The molecule has 0 aliphatic rings. The van der Waals surface area contributed by atoms with Gasteiger partial charge < -0.3 is 19.2 Å². The molecule has 154 valence electrons. The number of benzene rings is 1. The first kappa shape index (κ1) is 21.8. The molecule has 0 saturated carbocycles. The molecule has 0 bridgehead atoms. The number of aromatic nitrogens is 1. The van der Waals surface area contributed by atoms with Gasteiger partial charge in [0.2, 0.25) is 5.89 Å². The number of oxazole rings is 1. The van der Waals surface area contributed by atoms with Crippen LogP contribution in [0.15, 0.2) is 28.9 Å². The number of hydrogen-bond donors (Lipinski definition) is 1. The van der Waals surface area contributed by atoms with Gasteiger partial charge in [-0.25, -0.2) is 4.98 Å². The third kappa shape index (κ3) is 5.73. The van der Waals surface area contributed by atoms with Crippen molar-refractivity contribution in [3.8, 4) is 11.5 Å². The minimum Gasteiger partial charge on any atom is -0.497 e. The molecular formula is C21H31N3O4. The molecule has 7 heteroatoms. The zero-order valence-electron chi connectivity index (χ0n) is 17.6. The van der Waals surface area contributed by atoms with Gasteiger partial charge in [0.1, 0.15) is 17.8 Å². The van der Waals surface area contributed by atoms with Gasteiger partial charge in [0.05, 0.1) is 20.8 Å². The Labute approximate surface area is 167 Å². The van der Waals surface area contributed by atoms with Crippen molar-refractivity contribution in [2.45, 2.75) is 59.3 Å². The summed E-state index contributed by atoms with van der Waals surface area (Å²) in [6.07, 6.45) is 2.28. The second kappa shape index (κ2) is 10.1. The number of carbonyl (C=O) groups excluding carboxylic acids is 1. The lowest BCUT2D eigenvalue weighted by atomic mass is 10.1. The van der Waals surface area contributed by atoms with Crippen molar-refractivity contribution in [3.05, 3.63) is 41.6 Å². The second-order valence-electron chi connectivity index (χ2n) is 7.09. The first-order valence-electron chi connectivity index (χ1n) is 9.58. The van der Waals surface area contributed by atoms with Crippen LogP contribution in [0.4, 0.5) is 0 Å². The average molecular weight is 389 g/mol. The highest BCUT2D eigenvalue weighted by Crippen LogP contribution is 2.26. The molecule has 1 unspecified atom stereocenters. The SMILES string of the molecule is CCC(C)NC(=O)c1coc(CN(Cc2cc(OC)ccc2OC)C(C)C)n1. The molecular weight excluding hydrogens is 358 g/mol. The number of amides is 1. The van der Waals surface area contributed by atoms with Crippen molar-refractivity contribution in [3.63, 3.8) is 0 Å². The summed E-state index contributed by atoms with van der Waals surface area (Å²) < 4.78 is 16.4. The van der Waals surface area contributed by atoms with Crippen LogP contribution < -0.4 is 14.8 Å². The Hall–Kier alpha value is -2.54. The number of nitrogens with one attached hydrogen (secondary N) is 1. The fourth-order valence-electron chi connectivity index (χ4n) is 2.71. The molecule has 1 amide bonds. The van der Waals surface area contributed by atoms with E-state index in [-0.39, 0.29) is 18.0 Å². The highest BCUT2D eigenvalue weighted by atomic mass is 16.5. The van der Waals surface area contributed by atoms with E-state index in [2.05, 4.69) is 29.0 Å². The topological polar surface area (TPSA) is 76.8 Å². The maximum Gasteiger partial charge on any atom is 0.273 e. The molecule has 0 aliphatic heterocycles. The van der Waals surface area contributed by atoms with Crippen LogP contribution in [0.3, 0.4) is 0 Å². The highest BCUT2D eigenvalue weighted by Gasteiger charge is 2.19. The number of nitrogens with zero attached hydrogens (tertiary/aromatic N) is 2. The van der Waals surface area contributed by atoms with Crippen molar-refractivity contribution >= 4 is 5.91 Å². The van der Waals surface area contributed by atoms with Crippen molar-refractivity contribution in [2.24, 2.45) is 0 Å². The Morgan fingerprint density at radius 3 is 2.57 bits per heavy atom. The molecule has 0 aliphatic carbocycles. The largest absolute Gasteiger partial charge is 0.497 e. The summed E-state index contributed by atoms with van der Waals surface area (Å²) in [5.41, 5.74) is 1.31. The Morgan fingerprint density at radius 1 is 1.21 bits per heavy atom. The van der Waals surface area contributed by atoms with Gasteiger partial charge in [-0.1, -0.05) is 6.92 Å². The normalized spacial score (nSPS) is 12.3. The van der Waals surface area contributed by atoms with Gasteiger partial charge in [-0.15, -0.1) is 0 Å². The van der Waals surface area contributed by atoms with E-state index in [1.807, 2.05) is 32.0 Å². The Kier molecular flexibility index (Phi) is 7.87. The van der Waals surface area contributed by atoms with Crippen LogP contribution in [-0.4, -0.2) is 42.1 Å². The summed E-state index contributed by atoms with van der Waals surface area (Å²) in [6, 6.07) is 6.07. The van der Waals surface area contributed by atoms with Gasteiger partial charge in [-0.2, -0.15) is 0 Å². The third-order valence-corrected chi connectivity index (χ3v) is 4.70. The van der Waals surface area contributed by atoms with Crippen LogP contribution in [0.5, 0.6) is 11.5 Å². The molecule has 28 heavy (non-hydrogen) atoms. The van der Waals surface area contributed by atoms with Gasteiger partial charge in [-0.3, -0.25) is 9.69 Å². The minimum atomic E-state index is -0.213. The predicted octanol–water partition coefficient (Wildman–Crippen LogP) is 3.63. The maximum absolute atomic E-state index is 12.2. The fourth-order valence-corrected chi connectivity index (χ4v) is 2.71. The summed E-state index contributed by atoms with van der Waals surface area (Å²) in [5.74, 6) is 1.87. The molecule has 7 nitrogen and oxygen atoms in total. The molecule has 2 rings (SSSR count). The van der Waals surface area contributed by atoms with Gasteiger partial charge in [0.15, 0.2) is 5.69 Å². The maximum atomic E-state index is 12.2. The smallest absolute Gasteiger partial charge is 0.273 e. The van der Waals surface area contributed by atoms with E-state index in [0.717, 1.165) is 23.5 Å². The van der Waals surface area contributed by atoms with Crippen LogP contribution in [0.25, 0.3) is 0 Å². The summed E-state index contributed by atoms with van der Waals surface area (Å²) in [7, 11) is 3.30. The summed E-state index contributed by atoms with van der Waals surface area (Å²) in [4.78, 5) is 18.8. The molecule has 0 radical (unpaired) electrons. The average Bonchev–Trinajstić information content (AvgIpc) is 3.15. The van der Waals surface area contributed by atoms with Crippen molar-refractivity contribution in [1.82, 2.24) is 15.2 Å².